The number of nitrogens with one attached hydrogen (secondary N) is 1. The molecule has 26 heavy (non-hydrogen) atoms. The molecule has 140 valence electrons. The van der Waals surface area contributed by atoms with Gasteiger partial charge in [-0.25, -0.2) is 8.42 Å². The maximum Gasteiger partial charge on any atom is 0.264 e. The first-order valence-electron chi connectivity index (χ1n) is 8.47. The van der Waals surface area contributed by atoms with Crippen molar-refractivity contribution in [3.05, 3.63) is 60.2 Å². The van der Waals surface area contributed by atoms with E-state index in [-0.39, 0.29) is 10.8 Å². The average Bonchev–Trinajstić information content (AvgIpc) is 2.62. The molecule has 0 spiro atoms. The summed E-state index contributed by atoms with van der Waals surface area (Å²) in [5.41, 5.74) is 0.921. The van der Waals surface area contributed by atoms with Gasteiger partial charge >= 0.3 is 0 Å². The summed E-state index contributed by atoms with van der Waals surface area (Å²) in [5.74, 6) is -0.286. The molecule has 0 bridgehead atoms. The number of amides is 1. The molecule has 1 amide bonds. The predicted octanol–water partition coefficient (Wildman–Crippen LogP) is 2.19. The Morgan fingerprint density at radius 1 is 1.04 bits per heavy atom. The molecule has 0 fully saturated rings. The zero-order valence-electron chi connectivity index (χ0n) is 15.3. The van der Waals surface area contributed by atoms with Crippen molar-refractivity contribution in [3.8, 4) is 0 Å². The lowest BCUT2D eigenvalue weighted by Crippen LogP contribution is -2.32. The lowest BCUT2D eigenvalue weighted by Gasteiger charge is -2.23. The Hall–Kier alpha value is -2.38. The van der Waals surface area contributed by atoms with Crippen LogP contribution in [-0.2, 0) is 10.0 Å². The van der Waals surface area contributed by atoms with Crippen LogP contribution in [-0.4, -0.2) is 53.0 Å². The topological polar surface area (TPSA) is 69.7 Å². The van der Waals surface area contributed by atoms with Crippen molar-refractivity contribution >= 4 is 21.6 Å². The minimum atomic E-state index is -3.75. The van der Waals surface area contributed by atoms with E-state index in [2.05, 4.69) is 5.32 Å². The summed E-state index contributed by atoms with van der Waals surface area (Å²) in [5, 5.41) is 2.79. The first kappa shape index (κ1) is 19.9. The largest absolute Gasteiger partial charge is 0.351 e. The van der Waals surface area contributed by atoms with Gasteiger partial charge in [-0.05, 0) is 51.4 Å². The van der Waals surface area contributed by atoms with Crippen molar-refractivity contribution in [1.82, 2.24) is 10.2 Å². The minimum absolute atomic E-state index is 0.100. The van der Waals surface area contributed by atoms with Gasteiger partial charge in [0.05, 0.1) is 10.6 Å². The highest BCUT2D eigenvalue weighted by Gasteiger charge is 2.24. The van der Waals surface area contributed by atoms with E-state index in [4.69, 9.17) is 0 Å². The number of hydrogen-bond donors (Lipinski definition) is 1. The number of hydrogen-bond acceptors (Lipinski definition) is 4. The van der Waals surface area contributed by atoms with E-state index in [9.17, 15) is 13.2 Å². The summed E-state index contributed by atoms with van der Waals surface area (Å²) >= 11 is 0. The SMILES string of the molecule is CCN(c1ccccc1)S(=O)(=O)c1cccc(C(=O)NCCN(C)C)c1. The molecule has 0 aromatic heterocycles. The molecule has 0 saturated heterocycles. The Bertz CT molecular complexity index is 836. The molecule has 0 aliphatic heterocycles. The number of nitrogens with zero attached hydrogens (tertiary/aromatic N) is 2. The van der Waals surface area contributed by atoms with Gasteiger partial charge in [-0.2, -0.15) is 0 Å². The molecule has 2 rings (SSSR count). The van der Waals surface area contributed by atoms with Gasteiger partial charge < -0.3 is 10.2 Å². The third-order valence-electron chi connectivity index (χ3n) is 3.86. The summed E-state index contributed by atoms with van der Waals surface area (Å²) < 4.78 is 27.4. The van der Waals surface area contributed by atoms with Gasteiger partial charge in [0, 0.05) is 25.2 Å². The molecule has 0 atom stereocenters. The van der Waals surface area contributed by atoms with Crippen LogP contribution >= 0.6 is 0 Å². The molecule has 2 aromatic rings. The monoisotopic (exact) mass is 375 g/mol. The molecule has 1 N–H and O–H groups in total. The molecule has 2 aromatic carbocycles. The predicted molar refractivity (Wildman–Crippen MR) is 104 cm³/mol. The van der Waals surface area contributed by atoms with Crippen molar-refractivity contribution in [2.75, 3.05) is 38.0 Å². The van der Waals surface area contributed by atoms with E-state index >= 15 is 0 Å². The first-order valence-corrected chi connectivity index (χ1v) is 9.91. The van der Waals surface area contributed by atoms with Gasteiger partial charge in [0.1, 0.15) is 0 Å². The summed E-state index contributed by atoms with van der Waals surface area (Å²) in [6.07, 6.45) is 0. The van der Waals surface area contributed by atoms with Crippen LogP contribution < -0.4 is 9.62 Å². The van der Waals surface area contributed by atoms with Crippen molar-refractivity contribution < 1.29 is 13.2 Å². The Balaban J connectivity index is 2.26. The Labute approximate surface area is 155 Å². The van der Waals surface area contributed by atoms with Crippen LogP contribution in [0.3, 0.4) is 0 Å². The van der Waals surface area contributed by atoms with E-state index < -0.39 is 10.0 Å². The zero-order valence-corrected chi connectivity index (χ0v) is 16.2. The highest BCUT2D eigenvalue weighted by Crippen LogP contribution is 2.23. The van der Waals surface area contributed by atoms with Crippen molar-refractivity contribution in [3.63, 3.8) is 0 Å². The van der Waals surface area contributed by atoms with Crippen LogP contribution in [0.2, 0.25) is 0 Å². The van der Waals surface area contributed by atoms with E-state index in [1.165, 1.54) is 16.4 Å². The number of carbonyl (C=O) groups is 1. The third-order valence-corrected chi connectivity index (χ3v) is 5.76. The fourth-order valence-corrected chi connectivity index (χ4v) is 4.03. The van der Waals surface area contributed by atoms with Gasteiger partial charge in [-0.1, -0.05) is 24.3 Å². The van der Waals surface area contributed by atoms with Crippen LogP contribution in [0.15, 0.2) is 59.5 Å². The number of carbonyl (C=O) groups excluding carboxylic acids is 1. The van der Waals surface area contributed by atoms with Crippen LogP contribution in [0.5, 0.6) is 0 Å². The van der Waals surface area contributed by atoms with Gasteiger partial charge in [0.25, 0.3) is 15.9 Å². The molecule has 0 aliphatic carbocycles. The molecule has 7 heteroatoms. The van der Waals surface area contributed by atoms with E-state index in [1.807, 2.05) is 25.1 Å². The van der Waals surface area contributed by atoms with E-state index in [0.717, 1.165) is 0 Å². The second-order valence-corrected chi connectivity index (χ2v) is 7.95. The van der Waals surface area contributed by atoms with Gasteiger partial charge in [-0.3, -0.25) is 9.10 Å². The summed E-state index contributed by atoms with van der Waals surface area (Å²) in [4.78, 5) is 14.3. The van der Waals surface area contributed by atoms with Gasteiger partial charge in [0.15, 0.2) is 0 Å². The second-order valence-electron chi connectivity index (χ2n) is 6.09. The highest BCUT2D eigenvalue weighted by molar-refractivity contribution is 7.92. The van der Waals surface area contributed by atoms with E-state index in [0.29, 0.717) is 30.9 Å². The maximum atomic E-state index is 13.0. The van der Waals surface area contributed by atoms with Crippen molar-refractivity contribution in [1.29, 1.82) is 0 Å². The minimum Gasteiger partial charge on any atom is -0.351 e. The number of rotatable bonds is 8. The standard InChI is InChI=1S/C19H25N3O3S/c1-4-22(17-10-6-5-7-11-17)26(24,25)18-12-8-9-16(15-18)19(23)20-13-14-21(2)3/h5-12,15H,4,13-14H2,1-3H3,(H,20,23). The zero-order chi connectivity index (χ0) is 19.2. The molecule has 0 saturated carbocycles. The Morgan fingerprint density at radius 3 is 2.35 bits per heavy atom. The van der Waals surface area contributed by atoms with Gasteiger partial charge in [-0.15, -0.1) is 0 Å². The molecule has 0 radical (unpaired) electrons. The van der Waals surface area contributed by atoms with Gasteiger partial charge in [0.2, 0.25) is 0 Å². The molecule has 6 nitrogen and oxygen atoms in total. The molecule has 0 aliphatic rings. The maximum absolute atomic E-state index is 13.0. The number of anilines is 1. The quantitative estimate of drug-likeness (QED) is 0.768. The summed E-state index contributed by atoms with van der Waals surface area (Å²) in [6.45, 7) is 3.28. The van der Waals surface area contributed by atoms with Crippen LogP contribution in [0.4, 0.5) is 5.69 Å². The Morgan fingerprint density at radius 2 is 1.73 bits per heavy atom. The van der Waals surface area contributed by atoms with Crippen LogP contribution in [0.25, 0.3) is 0 Å². The lowest BCUT2D eigenvalue weighted by molar-refractivity contribution is 0.0951. The third kappa shape index (κ3) is 4.83. The summed E-state index contributed by atoms with van der Waals surface area (Å²) in [7, 11) is 0.0888. The average molecular weight is 375 g/mol. The number of sulfonamides is 1. The Kier molecular flexibility index (Phi) is 6.76. The first-order chi connectivity index (χ1) is 12.4. The molecular weight excluding hydrogens is 350 g/mol. The normalized spacial score (nSPS) is 11.4. The van der Waals surface area contributed by atoms with Crippen molar-refractivity contribution in [2.45, 2.75) is 11.8 Å². The number of para-hydroxylation sites is 1. The number of benzene rings is 2. The smallest absolute Gasteiger partial charge is 0.264 e. The molecule has 0 unspecified atom stereocenters. The fourth-order valence-electron chi connectivity index (χ4n) is 2.51. The van der Waals surface area contributed by atoms with E-state index in [1.54, 1.807) is 43.3 Å². The van der Waals surface area contributed by atoms with Crippen LogP contribution in [0, 0.1) is 0 Å². The van der Waals surface area contributed by atoms with Crippen LogP contribution in [0.1, 0.15) is 17.3 Å². The highest BCUT2D eigenvalue weighted by atomic mass is 32.2. The second kappa shape index (κ2) is 8.82. The summed E-state index contributed by atoms with van der Waals surface area (Å²) in [6, 6.07) is 15.1. The molecular formula is C19H25N3O3S. The van der Waals surface area contributed by atoms with Crippen molar-refractivity contribution in [2.24, 2.45) is 0 Å². The number of likely N-dealkylation sites (N-methyl/N-ethyl adjacent to an activating group) is 1. The lowest BCUT2D eigenvalue weighted by atomic mass is 10.2. The molecule has 0 heterocycles. The fraction of sp³-hybridized carbons (Fsp3) is 0.316.